The highest BCUT2D eigenvalue weighted by molar-refractivity contribution is 5.80. The number of hydrogen-bond acceptors (Lipinski definition) is 3. The average molecular weight is 200 g/mol. The van der Waals surface area contributed by atoms with Crippen LogP contribution < -0.4 is 11.1 Å². The second kappa shape index (κ2) is 4.28. The minimum atomic E-state index is -0.180. The fourth-order valence-corrected chi connectivity index (χ4v) is 1.36. The Labute approximate surface area is 85.2 Å². The molecule has 1 amide bonds. The number of rotatable bonds is 3. The fraction of sp³-hybridized carbons (Fsp3) is 0.900. The molecule has 0 saturated carbocycles. The van der Waals surface area contributed by atoms with Crippen LogP contribution in [0, 0.1) is 5.92 Å². The molecule has 4 nitrogen and oxygen atoms in total. The van der Waals surface area contributed by atoms with E-state index in [1.807, 2.05) is 20.8 Å². The maximum absolute atomic E-state index is 11.8. The lowest BCUT2D eigenvalue weighted by Crippen LogP contribution is -2.49. The Bertz CT molecular complexity index is 216. The minimum absolute atomic E-state index is 0.0156. The number of hydrogen-bond donors (Lipinski definition) is 2. The SMILES string of the molecule is CCC(C)(C)NC(=O)C1COCC1N. The molecular weight excluding hydrogens is 180 g/mol. The minimum Gasteiger partial charge on any atom is -0.379 e. The van der Waals surface area contributed by atoms with Gasteiger partial charge in [-0.05, 0) is 20.3 Å². The van der Waals surface area contributed by atoms with Crippen LogP contribution in [-0.2, 0) is 9.53 Å². The van der Waals surface area contributed by atoms with Crippen molar-refractivity contribution >= 4 is 5.91 Å². The topological polar surface area (TPSA) is 64.3 Å². The van der Waals surface area contributed by atoms with Gasteiger partial charge in [-0.25, -0.2) is 0 Å². The number of nitrogens with one attached hydrogen (secondary N) is 1. The molecule has 0 radical (unpaired) electrons. The molecule has 1 fully saturated rings. The van der Waals surface area contributed by atoms with Crippen LogP contribution >= 0.6 is 0 Å². The Morgan fingerprint density at radius 3 is 2.64 bits per heavy atom. The van der Waals surface area contributed by atoms with Crippen LogP contribution in [0.4, 0.5) is 0 Å². The zero-order valence-electron chi connectivity index (χ0n) is 9.17. The largest absolute Gasteiger partial charge is 0.379 e. The molecule has 0 bridgehead atoms. The molecule has 1 aliphatic rings. The molecule has 0 aliphatic carbocycles. The van der Waals surface area contributed by atoms with Crippen LogP contribution in [0.5, 0.6) is 0 Å². The van der Waals surface area contributed by atoms with Gasteiger partial charge < -0.3 is 15.8 Å². The Morgan fingerprint density at radius 1 is 1.57 bits per heavy atom. The Balaban J connectivity index is 2.49. The van der Waals surface area contributed by atoms with E-state index in [0.717, 1.165) is 6.42 Å². The van der Waals surface area contributed by atoms with Crippen molar-refractivity contribution in [1.82, 2.24) is 5.32 Å². The second-order valence-corrected chi connectivity index (χ2v) is 4.53. The van der Waals surface area contributed by atoms with E-state index in [9.17, 15) is 4.79 Å². The quantitative estimate of drug-likeness (QED) is 0.687. The van der Waals surface area contributed by atoms with Crippen LogP contribution in [0.15, 0.2) is 0 Å². The van der Waals surface area contributed by atoms with E-state index in [4.69, 9.17) is 10.5 Å². The van der Waals surface area contributed by atoms with Gasteiger partial charge in [-0.3, -0.25) is 4.79 Å². The third kappa shape index (κ3) is 2.69. The summed E-state index contributed by atoms with van der Waals surface area (Å²) in [5, 5.41) is 2.98. The first kappa shape index (κ1) is 11.5. The van der Waals surface area contributed by atoms with Gasteiger partial charge in [-0.1, -0.05) is 6.92 Å². The van der Waals surface area contributed by atoms with Gasteiger partial charge >= 0.3 is 0 Å². The second-order valence-electron chi connectivity index (χ2n) is 4.53. The summed E-state index contributed by atoms with van der Waals surface area (Å²) >= 11 is 0. The van der Waals surface area contributed by atoms with Gasteiger partial charge in [0.15, 0.2) is 0 Å². The molecule has 0 aromatic carbocycles. The van der Waals surface area contributed by atoms with E-state index < -0.39 is 0 Å². The molecule has 2 unspecified atom stereocenters. The molecule has 0 spiro atoms. The normalized spacial score (nSPS) is 27.7. The van der Waals surface area contributed by atoms with Gasteiger partial charge in [0.1, 0.15) is 0 Å². The molecule has 4 heteroatoms. The molecule has 0 aromatic rings. The van der Waals surface area contributed by atoms with Crippen molar-refractivity contribution in [1.29, 1.82) is 0 Å². The van der Waals surface area contributed by atoms with Crippen LogP contribution in [0.25, 0.3) is 0 Å². The third-order valence-electron chi connectivity index (χ3n) is 2.81. The first-order chi connectivity index (χ1) is 6.46. The van der Waals surface area contributed by atoms with E-state index in [2.05, 4.69) is 5.32 Å². The first-order valence-electron chi connectivity index (χ1n) is 5.11. The Hall–Kier alpha value is -0.610. The first-order valence-corrected chi connectivity index (χ1v) is 5.11. The fourth-order valence-electron chi connectivity index (χ4n) is 1.36. The van der Waals surface area contributed by atoms with E-state index in [1.165, 1.54) is 0 Å². The van der Waals surface area contributed by atoms with E-state index in [0.29, 0.717) is 13.2 Å². The molecule has 0 aromatic heterocycles. The summed E-state index contributed by atoms with van der Waals surface area (Å²) in [6.07, 6.45) is 0.904. The maximum Gasteiger partial charge on any atom is 0.227 e. The van der Waals surface area contributed by atoms with Crippen molar-refractivity contribution in [2.24, 2.45) is 11.7 Å². The van der Waals surface area contributed by atoms with Gasteiger partial charge in [0.05, 0.1) is 19.1 Å². The summed E-state index contributed by atoms with van der Waals surface area (Å²) in [6.45, 7) is 7.00. The van der Waals surface area contributed by atoms with Crippen molar-refractivity contribution in [2.45, 2.75) is 38.8 Å². The summed E-state index contributed by atoms with van der Waals surface area (Å²) in [6, 6.07) is -0.150. The Morgan fingerprint density at radius 2 is 2.21 bits per heavy atom. The molecule has 82 valence electrons. The van der Waals surface area contributed by atoms with E-state index >= 15 is 0 Å². The highest BCUT2D eigenvalue weighted by Crippen LogP contribution is 2.14. The van der Waals surface area contributed by atoms with Gasteiger partial charge in [0, 0.05) is 11.6 Å². The molecule has 3 N–H and O–H groups in total. The number of carbonyl (C=O) groups excluding carboxylic acids is 1. The lowest BCUT2D eigenvalue weighted by atomic mass is 9.98. The predicted molar refractivity (Wildman–Crippen MR) is 54.8 cm³/mol. The van der Waals surface area contributed by atoms with Crippen LogP contribution in [-0.4, -0.2) is 30.7 Å². The standard InChI is InChI=1S/C10H20N2O2/c1-4-10(2,3)12-9(13)7-5-14-6-8(7)11/h7-8H,4-6,11H2,1-3H3,(H,12,13). The summed E-state index contributed by atoms with van der Waals surface area (Å²) in [5.41, 5.74) is 5.60. The molecule has 1 saturated heterocycles. The summed E-state index contributed by atoms with van der Waals surface area (Å²) in [7, 11) is 0. The van der Waals surface area contributed by atoms with Crippen LogP contribution in [0.1, 0.15) is 27.2 Å². The van der Waals surface area contributed by atoms with Crippen molar-refractivity contribution in [2.75, 3.05) is 13.2 Å². The molecule has 1 heterocycles. The number of nitrogens with two attached hydrogens (primary N) is 1. The van der Waals surface area contributed by atoms with E-state index in [-0.39, 0.29) is 23.4 Å². The number of carbonyl (C=O) groups is 1. The summed E-state index contributed by atoms with van der Waals surface area (Å²) in [5.74, 6) is -0.164. The summed E-state index contributed by atoms with van der Waals surface area (Å²) < 4.78 is 5.15. The van der Waals surface area contributed by atoms with Gasteiger partial charge in [-0.15, -0.1) is 0 Å². The molecule has 2 atom stereocenters. The van der Waals surface area contributed by atoms with E-state index in [1.54, 1.807) is 0 Å². The van der Waals surface area contributed by atoms with Crippen molar-refractivity contribution < 1.29 is 9.53 Å². The monoisotopic (exact) mass is 200 g/mol. The zero-order valence-corrected chi connectivity index (χ0v) is 9.17. The van der Waals surface area contributed by atoms with Gasteiger partial charge in [-0.2, -0.15) is 0 Å². The predicted octanol–water partition coefficient (Wildman–Crippen LogP) is 0.265. The third-order valence-corrected chi connectivity index (χ3v) is 2.81. The average Bonchev–Trinajstić information content (AvgIpc) is 2.51. The van der Waals surface area contributed by atoms with Crippen LogP contribution in [0.2, 0.25) is 0 Å². The van der Waals surface area contributed by atoms with Crippen molar-refractivity contribution in [3.8, 4) is 0 Å². The Kier molecular flexibility index (Phi) is 3.50. The lowest BCUT2D eigenvalue weighted by molar-refractivity contribution is -0.126. The van der Waals surface area contributed by atoms with Crippen molar-refractivity contribution in [3.63, 3.8) is 0 Å². The maximum atomic E-state index is 11.8. The van der Waals surface area contributed by atoms with Gasteiger partial charge in [0.25, 0.3) is 0 Å². The number of amides is 1. The number of ether oxygens (including phenoxy) is 1. The molecule has 1 rings (SSSR count). The molecule has 14 heavy (non-hydrogen) atoms. The smallest absolute Gasteiger partial charge is 0.227 e. The van der Waals surface area contributed by atoms with Crippen molar-refractivity contribution in [3.05, 3.63) is 0 Å². The highest BCUT2D eigenvalue weighted by Gasteiger charge is 2.33. The summed E-state index contributed by atoms with van der Waals surface area (Å²) in [4.78, 5) is 11.8. The highest BCUT2D eigenvalue weighted by atomic mass is 16.5. The molecular formula is C10H20N2O2. The van der Waals surface area contributed by atoms with Gasteiger partial charge in [0.2, 0.25) is 5.91 Å². The molecule has 1 aliphatic heterocycles. The zero-order chi connectivity index (χ0) is 10.8. The van der Waals surface area contributed by atoms with Crippen LogP contribution in [0.3, 0.4) is 0 Å². The lowest BCUT2D eigenvalue weighted by Gasteiger charge is -2.26.